The molecule has 1 N–H and O–H groups in total. The molecule has 1 aliphatic rings. The standard InChI is InChI=1S/C37H52FN3/c1-11-16-19-34(38)35(18-13-3)40-29(9)28(8)36(39-15-5)24-30(17-12-2)31-20-21-33(27(7)14-4)37(25-31)41(10)32-22-26(6)23-32/h13-21,24-27,32,40H,4,11-12,22-23H2,1-3,5-10H3/b18-13-,19-16+,29-28+,30-17-,35-34-,36-24+,39-15?. The molecule has 1 fully saturated rings. The zero-order valence-electron chi connectivity index (χ0n) is 26.9. The lowest BCUT2D eigenvalue weighted by atomic mass is 9.80. The maximum atomic E-state index is 14.9. The van der Waals surface area contributed by atoms with E-state index in [1.165, 1.54) is 30.2 Å². The van der Waals surface area contributed by atoms with E-state index in [-0.39, 0.29) is 11.7 Å². The summed E-state index contributed by atoms with van der Waals surface area (Å²) < 4.78 is 14.9. The lowest BCUT2D eigenvalue weighted by Gasteiger charge is -2.42. The number of hydrogen-bond acceptors (Lipinski definition) is 3. The molecule has 1 aliphatic carbocycles. The third-order valence-electron chi connectivity index (χ3n) is 7.83. The molecule has 0 heterocycles. The fourth-order valence-electron chi connectivity index (χ4n) is 5.07. The quantitative estimate of drug-likeness (QED) is 0.140. The Labute approximate surface area is 249 Å². The van der Waals surface area contributed by atoms with Gasteiger partial charge in [0.2, 0.25) is 0 Å². The third kappa shape index (κ3) is 9.31. The van der Waals surface area contributed by atoms with Gasteiger partial charge in [0.1, 0.15) is 5.83 Å². The third-order valence-corrected chi connectivity index (χ3v) is 7.83. The van der Waals surface area contributed by atoms with E-state index in [1.807, 2.05) is 59.1 Å². The minimum Gasteiger partial charge on any atom is -0.371 e. The molecular formula is C37H52FN3. The monoisotopic (exact) mass is 557 g/mol. The van der Waals surface area contributed by atoms with Gasteiger partial charge in [0.25, 0.3) is 0 Å². The predicted octanol–water partition coefficient (Wildman–Crippen LogP) is 10.6. The van der Waals surface area contributed by atoms with Gasteiger partial charge in [0, 0.05) is 36.6 Å². The SMILES string of the molecule is C=CC(C)c1ccc(C(=C\CC)/C=C(N=CC)\C(C)=C(/C)NC(/C=C\C)=C(F)/C=C/CC)cc1N(C)C1CC(C)C1. The zero-order valence-corrected chi connectivity index (χ0v) is 26.9. The second-order valence-corrected chi connectivity index (χ2v) is 11.1. The van der Waals surface area contributed by atoms with E-state index >= 15 is 0 Å². The molecule has 0 saturated heterocycles. The lowest BCUT2D eigenvalue weighted by molar-refractivity contribution is 0.281. The van der Waals surface area contributed by atoms with Crippen molar-refractivity contribution in [2.24, 2.45) is 10.9 Å². The molecule has 1 unspecified atom stereocenters. The van der Waals surface area contributed by atoms with Crippen LogP contribution in [0.2, 0.25) is 0 Å². The highest BCUT2D eigenvalue weighted by atomic mass is 19.1. The van der Waals surface area contributed by atoms with Gasteiger partial charge in [-0.2, -0.15) is 0 Å². The molecule has 41 heavy (non-hydrogen) atoms. The van der Waals surface area contributed by atoms with Crippen LogP contribution in [-0.4, -0.2) is 19.3 Å². The number of nitrogens with zero attached hydrogens (tertiary/aromatic N) is 2. The maximum Gasteiger partial charge on any atom is 0.146 e. The Balaban J connectivity index is 2.60. The lowest BCUT2D eigenvalue weighted by Crippen LogP contribution is -2.42. The van der Waals surface area contributed by atoms with Gasteiger partial charge in [-0.05, 0) is 106 Å². The second kappa shape index (κ2) is 16.8. The minimum atomic E-state index is -0.292. The van der Waals surface area contributed by atoms with Gasteiger partial charge < -0.3 is 10.2 Å². The highest BCUT2D eigenvalue weighted by molar-refractivity contribution is 5.79. The smallest absolute Gasteiger partial charge is 0.146 e. The summed E-state index contributed by atoms with van der Waals surface area (Å²) in [5.74, 6) is 0.753. The van der Waals surface area contributed by atoms with Gasteiger partial charge in [0.05, 0.1) is 11.4 Å². The van der Waals surface area contributed by atoms with Crippen molar-refractivity contribution in [1.29, 1.82) is 0 Å². The molecule has 1 saturated carbocycles. The Morgan fingerprint density at radius 3 is 2.44 bits per heavy atom. The summed E-state index contributed by atoms with van der Waals surface area (Å²) in [6.07, 6.45) is 19.3. The fourth-order valence-corrected chi connectivity index (χ4v) is 5.07. The van der Waals surface area contributed by atoms with Crippen LogP contribution >= 0.6 is 0 Å². The zero-order chi connectivity index (χ0) is 30.5. The van der Waals surface area contributed by atoms with E-state index < -0.39 is 0 Å². The van der Waals surface area contributed by atoms with E-state index in [9.17, 15) is 4.39 Å². The van der Waals surface area contributed by atoms with Crippen LogP contribution in [0.15, 0.2) is 101 Å². The Kier molecular flexibility index (Phi) is 13.8. The first kappa shape index (κ1) is 33.8. The molecule has 0 aromatic heterocycles. The Morgan fingerprint density at radius 1 is 1.17 bits per heavy atom. The molecule has 3 nitrogen and oxygen atoms in total. The first-order valence-corrected chi connectivity index (χ1v) is 15.2. The Morgan fingerprint density at radius 2 is 1.88 bits per heavy atom. The molecule has 0 bridgehead atoms. The number of halogens is 1. The van der Waals surface area contributed by atoms with Gasteiger partial charge >= 0.3 is 0 Å². The van der Waals surface area contributed by atoms with Crippen LogP contribution in [0, 0.1) is 5.92 Å². The van der Waals surface area contributed by atoms with E-state index in [2.05, 4.69) is 75.0 Å². The second-order valence-electron chi connectivity index (χ2n) is 11.1. The fraction of sp³-hybridized carbons (Fsp3) is 0.432. The topological polar surface area (TPSA) is 27.6 Å². The van der Waals surface area contributed by atoms with Crippen molar-refractivity contribution in [3.8, 4) is 0 Å². The van der Waals surface area contributed by atoms with Crippen LogP contribution in [0.25, 0.3) is 5.57 Å². The molecule has 2 rings (SSSR count). The molecule has 0 amide bonds. The van der Waals surface area contributed by atoms with Crippen molar-refractivity contribution in [3.05, 3.63) is 107 Å². The summed E-state index contributed by atoms with van der Waals surface area (Å²) in [6, 6.07) is 7.37. The number of benzene rings is 1. The Bertz CT molecular complexity index is 1250. The number of hydrogen-bond donors (Lipinski definition) is 1. The molecule has 4 heteroatoms. The average Bonchev–Trinajstić information content (AvgIpc) is 2.95. The first-order valence-electron chi connectivity index (χ1n) is 15.2. The maximum absolute atomic E-state index is 14.9. The van der Waals surface area contributed by atoms with Gasteiger partial charge in [-0.3, -0.25) is 4.99 Å². The number of aliphatic imine (C=N–C) groups is 1. The number of nitrogens with one attached hydrogen (secondary N) is 1. The number of rotatable bonds is 14. The van der Waals surface area contributed by atoms with Crippen LogP contribution in [-0.2, 0) is 0 Å². The molecule has 1 aromatic rings. The van der Waals surface area contributed by atoms with Gasteiger partial charge in [-0.1, -0.05) is 64.1 Å². The molecule has 1 atom stereocenters. The van der Waals surface area contributed by atoms with Gasteiger partial charge in [-0.25, -0.2) is 4.39 Å². The normalized spacial score (nSPS) is 20.2. The summed E-state index contributed by atoms with van der Waals surface area (Å²) >= 11 is 0. The molecule has 222 valence electrons. The van der Waals surface area contributed by atoms with Crippen molar-refractivity contribution >= 4 is 17.5 Å². The van der Waals surface area contributed by atoms with Crippen molar-refractivity contribution in [3.63, 3.8) is 0 Å². The van der Waals surface area contributed by atoms with Crippen LogP contribution in [0.5, 0.6) is 0 Å². The summed E-state index contributed by atoms with van der Waals surface area (Å²) in [7, 11) is 2.23. The molecule has 0 radical (unpaired) electrons. The number of allylic oxidation sites excluding steroid dienone is 11. The summed E-state index contributed by atoms with van der Waals surface area (Å²) in [6.45, 7) is 20.6. The minimum absolute atomic E-state index is 0.263. The van der Waals surface area contributed by atoms with Crippen molar-refractivity contribution in [2.45, 2.75) is 93.0 Å². The van der Waals surface area contributed by atoms with Crippen molar-refractivity contribution in [1.82, 2.24) is 5.32 Å². The van der Waals surface area contributed by atoms with Crippen molar-refractivity contribution < 1.29 is 4.39 Å². The first-order chi connectivity index (χ1) is 19.6. The summed E-state index contributed by atoms with van der Waals surface area (Å²) in [4.78, 5) is 7.21. The van der Waals surface area contributed by atoms with Crippen LogP contribution in [0.3, 0.4) is 0 Å². The summed E-state index contributed by atoms with van der Waals surface area (Å²) in [5, 5.41) is 3.29. The average molecular weight is 558 g/mol. The van der Waals surface area contributed by atoms with Crippen LogP contribution in [0.4, 0.5) is 10.1 Å². The van der Waals surface area contributed by atoms with E-state index in [4.69, 9.17) is 4.99 Å². The van der Waals surface area contributed by atoms with Crippen LogP contribution in [0.1, 0.15) is 98.1 Å². The van der Waals surface area contributed by atoms with E-state index in [0.717, 1.165) is 46.9 Å². The molecule has 0 spiro atoms. The Hall–Kier alpha value is -3.40. The highest BCUT2D eigenvalue weighted by Crippen LogP contribution is 2.38. The predicted molar refractivity (Wildman–Crippen MR) is 180 cm³/mol. The van der Waals surface area contributed by atoms with Gasteiger partial charge in [-0.15, -0.1) is 6.58 Å². The largest absolute Gasteiger partial charge is 0.371 e. The molecule has 1 aromatic carbocycles. The number of anilines is 1. The highest BCUT2D eigenvalue weighted by Gasteiger charge is 2.30. The van der Waals surface area contributed by atoms with E-state index in [0.29, 0.717) is 11.7 Å². The van der Waals surface area contributed by atoms with Crippen LogP contribution < -0.4 is 10.2 Å². The van der Waals surface area contributed by atoms with Crippen molar-refractivity contribution in [2.75, 3.05) is 11.9 Å². The summed E-state index contributed by atoms with van der Waals surface area (Å²) in [5.41, 5.74) is 7.93. The van der Waals surface area contributed by atoms with E-state index in [1.54, 1.807) is 6.08 Å². The van der Waals surface area contributed by atoms with Gasteiger partial charge in [0.15, 0.2) is 0 Å². The molecule has 0 aliphatic heterocycles. The molecular weight excluding hydrogens is 505 g/mol.